The largest absolute Gasteiger partial charge is 0.481 e. The Morgan fingerprint density at radius 2 is 1.95 bits per heavy atom. The Morgan fingerprint density at radius 1 is 1.24 bits per heavy atom. The van der Waals surface area contributed by atoms with E-state index in [0.29, 0.717) is 19.4 Å². The monoisotopic (exact) mass is 290 g/mol. The van der Waals surface area contributed by atoms with E-state index in [9.17, 15) is 14.7 Å². The molecule has 3 N–H and O–H groups in total. The summed E-state index contributed by atoms with van der Waals surface area (Å²) in [7, 11) is 0. The second-order valence-electron chi connectivity index (χ2n) is 5.72. The summed E-state index contributed by atoms with van der Waals surface area (Å²) in [6, 6.07) is 7.76. The van der Waals surface area contributed by atoms with Crippen LogP contribution in [0.4, 0.5) is 4.79 Å². The van der Waals surface area contributed by atoms with E-state index < -0.39 is 11.4 Å². The van der Waals surface area contributed by atoms with Crippen LogP contribution in [0.15, 0.2) is 24.3 Å². The Bertz CT molecular complexity index is 524. The van der Waals surface area contributed by atoms with Crippen molar-refractivity contribution in [3.8, 4) is 0 Å². The molecule has 5 nitrogen and oxygen atoms in total. The minimum absolute atomic E-state index is 0.207. The molecule has 0 atom stereocenters. The van der Waals surface area contributed by atoms with Crippen molar-refractivity contribution < 1.29 is 14.7 Å². The van der Waals surface area contributed by atoms with Gasteiger partial charge in [0.1, 0.15) is 0 Å². The molecular weight excluding hydrogens is 268 g/mol. The van der Waals surface area contributed by atoms with E-state index in [4.69, 9.17) is 0 Å². The minimum atomic E-state index is -0.811. The van der Waals surface area contributed by atoms with E-state index in [2.05, 4.69) is 10.6 Å². The number of hydrogen-bond acceptors (Lipinski definition) is 2. The van der Waals surface area contributed by atoms with Gasteiger partial charge in [-0.2, -0.15) is 0 Å². The summed E-state index contributed by atoms with van der Waals surface area (Å²) in [4.78, 5) is 22.9. The van der Waals surface area contributed by atoms with E-state index in [1.807, 2.05) is 31.2 Å². The van der Waals surface area contributed by atoms with Crippen LogP contribution in [-0.4, -0.2) is 30.2 Å². The zero-order chi connectivity index (χ0) is 15.3. The van der Waals surface area contributed by atoms with Gasteiger partial charge in [-0.3, -0.25) is 4.79 Å². The number of benzene rings is 1. The van der Waals surface area contributed by atoms with Gasteiger partial charge in [0.05, 0.1) is 5.41 Å². The van der Waals surface area contributed by atoms with Gasteiger partial charge in [0.25, 0.3) is 0 Å². The molecule has 0 bridgehead atoms. The van der Waals surface area contributed by atoms with E-state index in [0.717, 1.165) is 12.8 Å². The fourth-order valence-corrected chi connectivity index (χ4v) is 2.58. The predicted octanol–water partition coefficient (Wildman–Crippen LogP) is 2.09. The standard InChI is InChI=1S/C16H22N2O3/c1-12-5-2-3-6-13(12)7-10-17-15(21)18-11-16(14(19)20)8-4-9-16/h2-3,5-6H,4,7-11H2,1H3,(H,19,20)(H2,17,18,21). The van der Waals surface area contributed by atoms with Crippen LogP contribution in [0.2, 0.25) is 0 Å². The molecule has 1 aromatic rings. The number of carboxylic acids is 1. The van der Waals surface area contributed by atoms with Gasteiger partial charge in [0.2, 0.25) is 0 Å². The van der Waals surface area contributed by atoms with Crippen LogP contribution in [0.1, 0.15) is 30.4 Å². The number of carbonyl (C=O) groups is 2. The van der Waals surface area contributed by atoms with Crippen LogP contribution in [0.25, 0.3) is 0 Å². The Labute approximate surface area is 124 Å². The maximum absolute atomic E-state index is 11.7. The molecule has 0 spiro atoms. The van der Waals surface area contributed by atoms with E-state index >= 15 is 0 Å². The quantitative estimate of drug-likeness (QED) is 0.750. The highest BCUT2D eigenvalue weighted by molar-refractivity contribution is 5.78. The van der Waals surface area contributed by atoms with Gasteiger partial charge in [-0.15, -0.1) is 0 Å². The summed E-state index contributed by atoms with van der Waals surface area (Å²) >= 11 is 0. The van der Waals surface area contributed by atoms with Gasteiger partial charge in [0, 0.05) is 13.1 Å². The third kappa shape index (κ3) is 3.74. The third-order valence-corrected chi connectivity index (χ3v) is 4.29. The van der Waals surface area contributed by atoms with Crippen molar-refractivity contribution in [1.29, 1.82) is 0 Å². The molecule has 114 valence electrons. The van der Waals surface area contributed by atoms with E-state index in [1.165, 1.54) is 11.1 Å². The average Bonchev–Trinajstić information content (AvgIpc) is 2.39. The molecule has 0 radical (unpaired) electrons. The van der Waals surface area contributed by atoms with E-state index in [1.54, 1.807) is 0 Å². The zero-order valence-electron chi connectivity index (χ0n) is 12.3. The first kappa shape index (κ1) is 15.4. The topological polar surface area (TPSA) is 78.4 Å². The van der Waals surface area contributed by atoms with Crippen molar-refractivity contribution in [3.63, 3.8) is 0 Å². The molecule has 21 heavy (non-hydrogen) atoms. The van der Waals surface area contributed by atoms with Gasteiger partial charge >= 0.3 is 12.0 Å². The molecule has 0 saturated heterocycles. The Balaban J connectivity index is 1.71. The summed E-state index contributed by atoms with van der Waals surface area (Å²) in [5.41, 5.74) is 1.67. The highest BCUT2D eigenvalue weighted by atomic mass is 16.4. The zero-order valence-corrected chi connectivity index (χ0v) is 12.3. The number of carboxylic acid groups (broad SMARTS) is 1. The molecule has 0 heterocycles. The number of nitrogens with one attached hydrogen (secondary N) is 2. The lowest BCUT2D eigenvalue weighted by Crippen LogP contribution is -2.49. The van der Waals surface area contributed by atoms with Crippen LogP contribution in [0.3, 0.4) is 0 Å². The number of carbonyl (C=O) groups excluding carboxylic acids is 1. The second kappa shape index (κ2) is 6.61. The molecule has 2 rings (SSSR count). The lowest BCUT2D eigenvalue weighted by Gasteiger charge is -2.37. The SMILES string of the molecule is Cc1ccccc1CCNC(=O)NCC1(C(=O)O)CCC1. The smallest absolute Gasteiger partial charge is 0.314 e. The molecule has 2 amide bonds. The van der Waals surface area contributed by atoms with Crippen LogP contribution in [0, 0.1) is 12.3 Å². The maximum Gasteiger partial charge on any atom is 0.314 e. The number of hydrogen-bond donors (Lipinski definition) is 3. The van der Waals surface area contributed by atoms with Crippen molar-refractivity contribution in [3.05, 3.63) is 35.4 Å². The van der Waals surface area contributed by atoms with Crippen molar-refractivity contribution in [2.45, 2.75) is 32.6 Å². The maximum atomic E-state index is 11.7. The van der Waals surface area contributed by atoms with Crippen molar-refractivity contribution in [1.82, 2.24) is 10.6 Å². The van der Waals surface area contributed by atoms with E-state index in [-0.39, 0.29) is 12.6 Å². The first-order chi connectivity index (χ1) is 10.0. The summed E-state index contributed by atoms with van der Waals surface area (Å²) < 4.78 is 0. The van der Waals surface area contributed by atoms with Crippen LogP contribution in [0.5, 0.6) is 0 Å². The summed E-state index contributed by atoms with van der Waals surface area (Å²) in [6.07, 6.45) is 2.98. The average molecular weight is 290 g/mol. The first-order valence-corrected chi connectivity index (χ1v) is 7.33. The van der Waals surface area contributed by atoms with Gasteiger partial charge < -0.3 is 15.7 Å². The molecule has 1 aliphatic carbocycles. The van der Waals surface area contributed by atoms with Gasteiger partial charge in [-0.1, -0.05) is 30.7 Å². The van der Waals surface area contributed by atoms with Gasteiger partial charge in [0.15, 0.2) is 0 Å². The fourth-order valence-electron chi connectivity index (χ4n) is 2.58. The number of rotatable bonds is 6. The summed E-state index contributed by atoms with van der Waals surface area (Å²) in [6.45, 7) is 2.79. The van der Waals surface area contributed by atoms with Crippen molar-refractivity contribution >= 4 is 12.0 Å². The Morgan fingerprint density at radius 3 is 2.52 bits per heavy atom. The molecule has 5 heteroatoms. The Kier molecular flexibility index (Phi) is 4.83. The summed E-state index contributed by atoms with van der Waals surface area (Å²) in [5, 5.41) is 14.6. The van der Waals surface area contributed by atoms with Crippen molar-refractivity contribution in [2.75, 3.05) is 13.1 Å². The second-order valence-corrected chi connectivity index (χ2v) is 5.72. The van der Waals surface area contributed by atoms with Gasteiger partial charge in [-0.25, -0.2) is 4.79 Å². The number of aliphatic carboxylic acids is 1. The lowest BCUT2D eigenvalue weighted by molar-refractivity contribution is -0.153. The summed E-state index contributed by atoms with van der Waals surface area (Å²) in [5.74, 6) is -0.811. The normalized spacial score (nSPS) is 15.9. The van der Waals surface area contributed by atoms with Crippen LogP contribution < -0.4 is 10.6 Å². The molecule has 0 unspecified atom stereocenters. The predicted molar refractivity (Wildman–Crippen MR) is 80.2 cm³/mol. The van der Waals surface area contributed by atoms with Crippen LogP contribution >= 0.6 is 0 Å². The van der Waals surface area contributed by atoms with Crippen LogP contribution in [-0.2, 0) is 11.2 Å². The Hall–Kier alpha value is -2.04. The third-order valence-electron chi connectivity index (χ3n) is 4.29. The first-order valence-electron chi connectivity index (χ1n) is 7.33. The molecule has 1 aromatic carbocycles. The molecular formula is C16H22N2O3. The number of amides is 2. The molecule has 0 aliphatic heterocycles. The number of urea groups is 1. The molecule has 1 aliphatic rings. The fraction of sp³-hybridized carbons (Fsp3) is 0.500. The molecule has 1 fully saturated rings. The molecule has 0 aromatic heterocycles. The molecule has 1 saturated carbocycles. The van der Waals surface area contributed by atoms with Gasteiger partial charge in [-0.05, 0) is 37.3 Å². The number of aryl methyl sites for hydroxylation is 1. The highest BCUT2D eigenvalue weighted by Crippen LogP contribution is 2.40. The minimum Gasteiger partial charge on any atom is -0.481 e. The highest BCUT2D eigenvalue weighted by Gasteiger charge is 2.44. The lowest BCUT2D eigenvalue weighted by atomic mass is 9.69. The van der Waals surface area contributed by atoms with Crippen molar-refractivity contribution in [2.24, 2.45) is 5.41 Å².